The van der Waals surface area contributed by atoms with Gasteiger partial charge in [0.1, 0.15) is 0 Å². The van der Waals surface area contributed by atoms with Gasteiger partial charge in [-0.25, -0.2) is 0 Å². The number of hydrogen-bond acceptors (Lipinski definition) is 3. The summed E-state index contributed by atoms with van der Waals surface area (Å²) in [4.78, 5) is 0. The Balaban J connectivity index is 2.24. The van der Waals surface area contributed by atoms with Crippen molar-refractivity contribution >= 4 is 0 Å². The molecule has 1 atom stereocenters. The highest BCUT2D eigenvalue weighted by molar-refractivity contribution is 4.71. The van der Waals surface area contributed by atoms with Crippen LogP contribution in [-0.4, -0.2) is 26.4 Å². The van der Waals surface area contributed by atoms with E-state index in [1.54, 1.807) is 0 Å². The number of nitrogens with one attached hydrogen (secondary N) is 1. The molecule has 0 radical (unpaired) electrons. The molecule has 1 fully saturated rings. The number of ether oxygens (including phenoxy) is 1. The molecule has 1 aliphatic heterocycles. The molecule has 3 N–H and O–H groups in total. The predicted molar refractivity (Wildman–Crippen MR) is 40.6 cm³/mol. The van der Waals surface area contributed by atoms with Gasteiger partial charge in [0.05, 0.1) is 6.17 Å². The second kappa shape index (κ2) is 3.91. The normalized spacial score (nSPS) is 24.6. The third-order valence-electron chi connectivity index (χ3n) is 2.11. The second-order valence-electron chi connectivity index (χ2n) is 2.76. The molecule has 0 amide bonds. The minimum atomic E-state index is 0.156. The molecule has 1 unspecified atom stereocenters. The van der Waals surface area contributed by atoms with Gasteiger partial charge in [0, 0.05) is 13.2 Å². The lowest BCUT2D eigenvalue weighted by atomic mass is 9.97. The lowest BCUT2D eigenvalue weighted by molar-refractivity contribution is 0.0555. The van der Waals surface area contributed by atoms with Crippen LogP contribution >= 0.6 is 0 Å². The third kappa shape index (κ3) is 1.94. The van der Waals surface area contributed by atoms with Crippen LogP contribution in [-0.2, 0) is 4.74 Å². The van der Waals surface area contributed by atoms with E-state index in [0.29, 0.717) is 5.92 Å². The Labute approximate surface area is 61.9 Å². The Bertz CT molecular complexity index is 91.6. The fourth-order valence-corrected chi connectivity index (χ4v) is 1.31. The van der Waals surface area contributed by atoms with Crippen molar-refractivity contribution < 1.29 is 4.74 Å². The summed E-state index contributed by atoms with van der Waals surface area (Å²) in [6.45, 7) is 1.75. The summed E-state index contributed by atoms with van der Waals surface area (Å²) in [5, 5.41) is 3.06. The van der Waals surface area contributed by atoms with E-state index in [0.717, 1.165) is 26.1 Å². The van der Waals surface area contributed by atoms with E-state index in [1.165, 1.54) is 0 Å². The van der Waals surface area contributed by atoms with Gasteiger partial charge in [0.25, 0.3) is 0 Å². The molecule has 1 aliphatic rings. The molecule has 0 aliphatic carbocycles. The maximum absolute atomic E-state index is 5.78. The van der Waals surface area contributed by atoms with Crippen molar-refractivity contribution in [3.05, 3.63) is 0 Å². The Kier molecular flexibility index (Phi) is 3.12. The average molecular weight is 144 g/mol. The molecular weight excluding hydrogens is 128 g/mol. The third-order valence-corrected chi connectivity index (χ3v) is 2.11. The van der Waals surface area contributed by atoms with E-state index in [2.05, 4.69) is 5.32 Å². The van der Waals surface area contributed by atoms with E-state index in [9.17, 15) is 0 Å². The first-order chi connectivity index (χ1) is 4.84. The van der Waals surface area contributed by atoms with Crippen molar-refractivity contribution in [2.24, 2.45) is 11.7 Å². The molecule has 0 aromatic heterocycles. The van der Waals surface area contributed by atoms with Crippen molar-refractivity contribution in [3.63, 3.8) is 0 Å². The molecule has 3 heteroatoms. The second-order valence-corrected chi connectivity index (χ2v) is 2.76. The zero-order valence-electron chi connectivity index (χ0n) is 6.47. The highest BCUT2D eigenvalue weighted by atomic mass is 16.5. The first-order valence-electron chi connectivity index (χ1n) is 3.85. The van der Waals surface area contributed by atoms with Gasteiger partial charge < -0.3 is 15.8 Å². The van der Waals surface area contributed by atoms with Gasteiger partial charge in [0.15, 0.2) is 0 Å². The molecule has 0 aromatic carbocycles. The van der Waals surface area contributed by atoms with Crippen LogP contribution in [0.15, 0.2) is 0 Å². The Hall–Kier alpha value is -0.120. The molecule has 1 heterocycles. The smallest absolute Gasteiger partial charge is 0.0574 e. The van der Waals surface area contributed by atoms with Gasteiger partial charge >= 0.3 is 0 Å². The fraction of sp³-hybridized carbons (Fsp3) is 1.00. The van der Waals surface area contributed by atoms with Gasteiger partial charge in [0.2, 0.25) is 0 Å². The lowest BCUT2D eigenvalue weighted by Crippen LogP contribution is -2.43. The van der Waals surface area contributed by atoms with Gasteiger partial charge in [-0.1, -0.05) is 0 Å². The molecule has 1 rings (SSSR count). The maximum Gasteiger partial charge on any atom is 0.0574 e. The average Bonchev–Trinajstić information content (AvgIpc) is 2.05. The summed E-state index contributed by atoms with van der Waals surface area (Å²) in [6.07, 6.45) is 2.35. The first-order valence-corrected chi connectivity index (χ1v) is 3.85. The van der Waals surface area contributed by atoms with E-state index in [1.807, 2.05) is 7.05 Å². The van der Waals surface area contributed by atoms with E-state index >= 15 is 0 Å². The monoisotopic (exact) mass is 144 g/mol. The molecular formula is C7H16N2O. The summed E-state index contributed by atoms with van der Waals surface area (Å²) in [6, 6.07) is 0. The van der Waals surface area contributed by atoms with Crippen LogP contribution in [0.4, 0.5) is 0 Å². The summed E-state index contributed by atoms with van der Waals surface area (Å²) >= 11 is 0. The summed E-state index contributed by atoms with van der Waals surface area (Å²) in [7, 11) is 1.90. The quantitative estimate of drug-likeness (QED) is 0.533. The Morgan fingerprint density at radius 1 is 1.50 bits per heavy atom. The van der Waals surface area contributed by atoms with Crippen LogP contribution in [0.5, 0.6) is 0 Å². The van der Waals surface area contributed by atoms with Crippen LogP contribution in [0.25, 0.3) is 0 Å². The first kappa shape index (κ1) is 7.98. The largest absolute Gasteiger partial charge is 0.381 e. The fourth-order valence-electron chi connectivity index (χ4n) is 1.31. The van der Waals surface area contributed by atoms with Crippen molar-refractivity contribution in [1.29, 1.82) is 0 Å². The van der Waals surface area contributed by atoms with E-state index in [4.69, 9.17) is 10.5 Å². The van der Waals surface area contributed by atoms with Crippen LogP contribution in [0.1, 0.15) is 12.8 Å². The predicted octanol–water partition coefficient (Wildman–Crippen LogP) is -0.0828. The zero-order chi connectivity index (χ0) is 7.40. The summed E-state index contributed by atoms with van der Waals surface area (Å²) in [5.74, 6) is 0.610. The van der Waals surface area contributed by atoms with Gasteiger partial charge in [-0.2, -0.15) is 0 Å². The van der Waals surface area contributed by atoms with Crippen LogP contribution in [0.2, 0.25) is 0 Å². The standard InChI is InChI=1S/C7H16N2O/c1-9-7(8)6-2-4-10-5-3-6/h6-7,9H,2-5,8H2,1H3. The van der Waals surface area contributed by atoms with Crippen LogP contribution < -0.4 is 11.1 Å². The van der Waals surface area contributed by atoms with Gasteiger partial charge in [-0.3, -0.25) is 0 Å². The lowest BCUT2D eigenvalue weighted by Gasteiger charge is -2.26. The van der Waals surface area contributed by atoms with Gasteiger partial charge in [-0.15, -0.1) is 0 Å². The zero-order valence-corrected chi connectivity index (χ0v) is 6.47. The van der Waals surface area contributed by atoms with Gasteiger partial charge in [-0.05, 0) is 25.8 Å². The SMILES string of the molecule is CNC(N)C1CCOCC1. The number of nitrogens with two attached hydrogens (primary N) is 1. The number of hydrogen-bond donors (Lipinski definition) is 2. The van der Waals surface area contributed by atoms with E-state index in [-0.39, 0.29) is 6.17 Å². The molecule has 1 saturated heterocycles. The Morgan fingerprint density at radius 3 is 2.60 bits per heavy atom. The minimum Gasteiger partial charge on any atom is -0.381 e. The molecule has 0 aromatic rings. The highest BCUT2D eigenvalue weighted by Crippen LogP contribution is 2.15. The van der Waals surface area contributed by atoms with Crippen LogP contribution in [0, 0.1) is 5.92 Å². The van der Waals surface area contributed by atoms with Crippen molar-refractivity contribution in [2.75, 3.05) is 20.3 Å². The molecule has 60 valence electrons. The highest BCUT2D eigenvalue weighted by Gasteiger charge is 2.18. The molecule has 0 saturated carbocycles. The molecule has 0 bridgehead atoms. The molecule has 0 spiro atoms. The molecule has 3 nitrogen and oxygen atoms in total. The van der Waals surface area contributed by atoms with E-state index < -0.39 is 0 Å². The van der Waals surface area contributed by atoms with Crippen molar-refractivity contribution in [3.8, 4) is 0 Å². The minimum absolute atomic E-state index is 0.156. The summed E-state index contributed by atoms with van der Waals surface area (Å²) in [5.41, 5.74) is 5.78. The maximum atomic E-state index is 5.78. The Morgan fingerprint density at radius 2 is 2.10 bits per heavy atom. The van der Waals surface area contributed by atoms with Crippen LogP contribution in [0.3, 0.4) is 0 Å². The number of rotatable bonds is 2. The topological polar surface area (TPSA) is 47.3 Å². The summed E-state index contributed by atoms with van der Waals surface area (Å²) < 4.78 is 5.21. The van der Waals surface area contributed by atoms with Crippen molar-refractivity contribution in [1.82, 2.24) is 5.32 Å². The molecule has 10 heavy (non-hydrogen) atoms. The van der Waals surface area contributed by atoms with Crippen molar-refractivity contribution in [2.45, 2.75) is 19.0 Å².